The zero-order valence-corrected chi connectivity index (χ0v) is 13.4. The SMILES string of the molecule is CCOc1cc(CNC2CC2)ccc1OCCOC(C)C. The van der Waals surface area contributed by atoms with Crippen molar-refractivity contribution in [2.45, 2.75) is 52.3 Å². The minimum Gasteiger partial charge on any atom is -0.490 e. The van der Waals surface area contributed by atoms with Crippen LogP contribution in [0.5, 0.6) is 11.5 Å². The Labute approximate surface area is 127 Å². The monoisotopic (exact) mass is 293 g/mol. The number of hydrogen-bond acceptors (Lipinski definition) is 4. The quantitative estimate of drug-likeness (QED) is 0.673. The normalized spacial score (nSPS) is 14.5. The van der Waals surface area contributed by atoms with E-state index in [1.165, 1.54) is 18.4 Å². The minimum atomic E-state index is 0.232. The highest BCUT2D eigenvalue weighted by Crippen LogP contribution is 2.29. The van der Waals surface area contributed by atoms with Crippen molar-refractivity contribution < 1.29 is 14.2 Å². The molecule has 1 aliphatic rings. The first-order chi connectivity index (χ1) is 10.2. The van der Waals surface area contributed by atoms with Gasteiger partial charge in [-0.25, -0.2) is 0 Å². The molecule has 1 aromatic rings. The first-order valence-electron chi connectivity index (χ1n) is 7.92. The van der Waals surface area contributed by atoms with Crippen LogP contribution in [0.3, 0.4) is 0 Å². The molecule has 0 bridgehead atoms. The van der Waals surface area contributed by atoms with Gasteiger partial charge in [0.05, 0.1) is 19.3 Å². The largest absolute Gasteiger partial charge is 0.490 e. The van der Waals surface area contributed by atoms with Gasteiger partial charge in [-0.15, -0.1) is 0 Å². The lowest BCUT2D eigenvalue weighted by molar-refractivity contribution is 0.0545. The molecule has 1 aliphatic carbocycles. The van der Waals surface area contributed by atoms with Crippen molar-refractivity contribution >= 4 is 0 Å². The Kier molecular flexibility index (Phi) is 6.33. The van der Waals surface area contributed by atoms with Crippen LogP contribution >= 0.6 is 0 Å². The predicted molar refractivity (Wildman–Crippen MR) is 84.1 cm³/mol. The molecule has 118 valence electrons. The maximum absolute atomic E-state index is 5.76. The van der Waals surface area contributed by atoms with E-state index in [0.29, 0.717) is 25.9 Å². The third-order valence-corrected chi connectivity index (χ3v) is 3.27. The lowest BCUT2D eigenvalue weighted by Crippen LogP contribution is -2.15. The van der Waals surface area contributed by atoms with Gasteiger partial charge in [-0.3, -0.25) is 0 Å². The van der Waals surface area contributed by atoms with Gasteiger partial charge in [-0.1, -0.05) is 6.07 Å². The van der Waals surface area contributed by atoms with E-state index in [9.17, 15) is 0 Å². The number of benzene rings is 1. The van der Waals surface area contributed by atoms with Crippen molar-refractivity contribution in [2.75, 3.05) is 19.8 Å². The summed E-state index contributed by atoms with van der Waals surface area (Å²) in [5, 5.41) is 3.51. The molecule has 1 saturated carbocycles. The molecule has 0 aromatic heterocycles. The van der Waals surface area contributed by atoms with Crippen LogP contribution in [-0.2, 0) is 11.3 Å². The first kappa shape index (κ1) is 16.1. The van der Waals surface area contributed by atoms with Crippen molar-refractivity contribution in [3.05, 3.63) is 23.8 Å². The van der Waals surface area contributed by atoms with Crippen LogP contribution in [0, 0.1) is 0 Å². The van der Waals surface area contributed by atoms with E-state index in [-0.39, 0.29) is 6.10 Å². The van der Waals surface area contributed by atoms with Gasteiger partial charge in [0, 0.05) is 12.6 Å². The second-order valence-corrected chi connectivity index (χ2v) is 5.64. The second-order valence-electron chi connectivity index (χ2n) is 5.64. The molecule has 21 heavy (non-hydrogen) atoms. The van der Waals surface area contributed by atoms with Crippen molar-refractivity contribution in [3.63, 3.8) is 0 Å². The fourth-order valence-corrected chi connectivity index (χ4v) is 2.04. The van der Waals surface area contributed by atoms with E-state index < -0.39 is 0 Å². The van der Waals surface area contributed by atoms with E-state index in [0.717, 1.165) is 18.0 Å². The summed E-state index contributed by atoms with van der Waals surface area (Å²) in [4.78, 5) is 0. The van der Waals surface area contributed by atoms with Gasteiger partial charge < -0.3 is 19.5 Å². The molecular weight excluding hydrogens is 266 g/mol. The van der Waals surface area contributed by atoms with Crippen LogP contribution in [0.25, 0.3) is 0 Å². The topological polar surface area (TPSA) is 39.7 Å². The Morgan fingerprint density at radius 2 is 1.95 bits per heavy atom. The molecule has 0 unspecified atom stereocenters. The summed E-state index contributed by atoms with van der Waals surface area (Å²) in [6.45, 7) is 8.69. The Morgan fingerprint density at radius 3 is 2.62 bits per heavy atom. The zero-order chi connectivity index (χ0) is 15.1. The summed E-state index contributed by atoms with van der Waals surface area (Å²) in [7, 11) is 0. The molecule has 1 N–H and O–H groups in total. The van der Waals surface area contributed by atoms with Gasteiger partial charge >= 0.3 is 0 Å². The average molecular weight is 293 g/mol. The zero-order valence-electron chi connectivity index (χ0n) is 13.4. The standard InChI is InChI=1S/C17H27NO3/c1-4-19-17-11-14(12-18-15-6-7-15)5-8-16(17)21-10-9-20-13(2)3/h5,8,11,13,15,18H,4,6-7,9-10,12H2,1-3H3. The van der Waals surface area contributed by atoms with Crippen molar-refractivity contribution in [1.29, 1.82) is 0 Å². The summed E-state index contributed by atoms with van der Waals surface area (Å²) in [5.74, 6) is 1.61. The van der Waals surface area contributed by atoms with Gasteiger partial charge in [0.2, 0.25) is 0 Å². The third kappa shape index (κ3) is 5.94. The predicted octanol–water partition coefficient (Wildman–Crippen LogP) is 3.14. The highest BCUT2D eigenvalue weighted by molar-refractivity contribution is 5.43. The van der Waals surface area contributed by atoms with Gasteiger partial charge in [0.25, 0.3) is 0 Å². The van der Waals surface area contributed by atoms with Crippen molar-refractivity contribution in [3.8, 4) is 11.5 Å². The second kappa shape index (κ2) is 8.25. The van der Waals surface area contributed by atoms with E-state index >= 15 is 0 Å². The van der Waals surface area contributed by atoms with Crippen LogP contribution in [-0.4, -0.2) is 32.0 Å². The van der Waals surface area contributed by atoms with E-state index in [4.69, 9.17) is 14.2 Å². The Balaban J connectivity index is 1.88. The molecule has 0 saturated heterocycles. The van der Waals surface area contributed by atoms with Gasteiger partial charge in [0.1, 0.15) is 6.61 Å². The van der Waals surface area contributed by atoms with Crippen LogP contribution < -0.4 is 14.8 Å². The molecule has 2 rings (SSSR count). The molecule has 0 spiro atoms. The number of rotatable bonds is 10. The molecule has 0 aliphatic heterocycles. The van der Waals surface area contributed by atoms with E-state index in [1.54, 1.807) is 0 Å². The molecule has 1 fully saturated rings. The summed E-state index contributed by atoms with van der Waals surface area (Å²) >= 11 is 0. The minimum absolute atomic E-state index is 0.232. The lowest BCUT2D eigenvalue weighted by Gasteiger charge is -2.14. The summed E-state index contributed by atoms with van der Waals surface area (Å²) in [5.41, 5.74) is 1.23. The van der Waals surface area contributed by atoms with Crippen LogP contribution in [0.1, 0.15) is 39.2 Å². The van der Waals surface area contributed by atoms with Gasteiger partial charge in [0.15, 0.2) is 11.5 Å². The highest BCUT2D eigenvalue weighted by Gasteiger charge is 2.20. The average Bonchev–Trinajstić information content (AvgIpc) is 3.27. The lowest BCUT2D eigenvalue weighted by atomic mass is 10.2. The summed E-state index contributed by atoms with van der Waals surface area (Å²) < 4.78 is 16.9. The summed E-state index contributed by atoms with van der Waals surface area (Å²) in [6, 6.07) is 6.86. The number of hydrogen-bond donors (Lipinski definition) is 1. The Bertz CT molecular complexity index is 430. The van der Waals surface area contributed by atoms with Gasteiger partial charge in [-0.05, 0) is 51.3 Å². The molecule has 0 atom stereocenters. The van der Waals surface area contributed by atoms with Crippen LogP contribution in [0.4, 0.5) is 0 Å². The smallest absolute Gasteiger partial charge is 0.161 e. The molecule has 4 heteroatoms. The fraction of sp³-hybridized carbons (Fsp3) is 0.647. The van der Waals surface area contributed by atoms with Crippen LogP contribution in [0.15, 0.2) is 18.2 Å². The van der Waals surface area contributed by atoms with Crippen molar-refractivity contribution in [2.24, 2.45) is 0 Å². The molecule has 1 aromatic carbocycles. The maximum Gasteiger partial charge on any atom is 0.161 e. The fourth-order valence-electron chi connectivity index (χ4n) is 2.04. The molecular formula is C17H27NO3. The highest BCUT2D eigenvalue weighted by atomic mass is 16.5. The number of nitrogens with one attached hydrogen (secondary N) is 1. The molecule has 0 heterocycles. The summed E-state index contributed by atoms with van der Waals surface area (Å²) in [6.07, 6.45) is 2.83. The van der Waals surface area contributed by atoms with Crippen LogP contribution in [0.2, 0.25) is 0 Å². The Hall–Kier alpha value is -1.26. The molecule has 0 amide bonds. The van der Waals surface area contributed by atoms with E-state index in [2.05, 4.69) is 17.4 Å². The number of ether oxygens (including phenoxy) is 3. The molecule has 4 nitrogen and oxygen atoms in total. The first-order valence-corrected chi connectivity index (χ1v) is 7.92. The molecule has 0 radical (unpaired) electrons. The third-order valence-electron chi connectivity index (χ3n) is 3.27. The Morgan fingerprint density at radius 1 is 1.14 bits per heavy atom. The van der Waals surface area contributed by atoms with Crippen molar-refractivity contribution in [1.82, 2.24) is 5.32 Å². The van der Waals surface area contributed by atoms with E-state index in [1.807, 2.05) is 26.8 Å². The van der Waals surface area contributed by atoms with Gasteiger partial charge in [-0.2, -0.15) is 0 Å². The maximum atomic E-state index is 5.76.